The molecule has 0 unspecified atom stereocenters. The number of rotatable bonds is 19. The number of ether oxygens (including phenoxy) is 8. The minimum atomic E-state index is -3.37. The molecule has 4 saturated heterocycles. The number of aliphatic hydroxyl groups is 13. The van der Waals surface area contributed by atoms with Crippen molar-refractivity contribution in [3.05, 3.63) is 0 Å². The first-order valence-corrected chi connectivity index (χ1v) is 20.2. The Labute approximate surface area is 372 Å². The Hall–Kier alpha value is -3.45. The van der Waals surface area contributed by atoms with Gasteiger partial charge in [0, 0.05) is 33.6 Å². The highest BCUT2D eigenvalue weighted by atomic mass is 16.8. The van der Waals surface area contributed by atoms with E-state index in [0.29, 0.717) is 0 Å². The molecule has 4 heterocycles. The minimum Gasteiger partial charge on any atom is -0.477 e. The summed E-state index contributed by atoms with van der Waals surface area (Å²) in [6.07, 6.45) is -41.1. The summed E-state index contributed by atoms with van der Waals surface area (Å²) in [6, 6.07) is -3.63. The lowest BCUT2D eigenvalue weighted by Crippen LogP contribution is -2.72. The zero-order chi connectivity index (χ0) is 49.7. The number of aliphatic carboxylic acids is 2. The number of hydrogen-bond acceptors (Lipinski definition) is 26. The number of esters is 1. The van der Waals surface area contributed by atoms with E-state index in [2.05, 4.69) is 10.6 Å². The van der Waals surface area contributed by atoms with E-state index in [1.165, 1.54) is 0 Å². The fraction of sp³-hybridized carbons (Fsp3) is 0.861. The van der Waals surface area contributed by atoms with Gasteiger partial charge in [0.25, 0.3) is 11.6 Å². The third-order valence-electron chi connectivity index (χ3n) is 11.2. The Morgan fingerprint density at radius 3 is 1.67 bits per heavy atom. The van der Waals surface area contributed by atoms with Crippen molar-refractivity contribution < 1.29 is 138 Å². The van der Waals surface area contributed by atoms with E-state index in [1.54, 1.807) is 0 Å². The molecular formula is C36H58N2O28. The maximum Gasteiger partial charge on any atom is 0.364 e. The summed E-state index contributed by atoms with van der Waals surface area (Å²) in [5, 5.41) is 164. The van der Waals surface area contributed by atoms with Gasteiger partial charge in [0.15, 0.2) is 12.6 Å². The summed E-state index contributed by atoms with van der Waals surface area (Å²) in [5.74, 6) is -13.9. The Morgan fingerprint density at radius 1 is 0.667 bits per heavy atom. The van der Waals surface area contributed by atoms with Gasteiger partial charge in [0.2, 0.25) is 11.8 Å². The summed E-state index contributed by atoms with van der Waals surface area (Å²) in [6.45, 7) is -1.73. The second kappa shape index (κ2) is 22.8. The van der Waals surface area contributed by atoms with Crippen LogP contribution in [-0.4, -0.2) is 267 Å². The second-order valence-electron chi connectivity index (χ2n) is 16.1. The van der Waals surface area contributed by atoms with Crippen molar-refractivity contribution in [1.82, 2.24) is 10.6 Å². The van der Waals surface area contributed by atoms with Crippen LogP contribution < -0.4 is 10.6 Å². The molecule has 17 N–H and O–H groups in total. The predicted octanol–water partition coefficient (Wildman–Crippen LogP) is -10.5. The first-order chi connectivity index (χ1) is 30.8. The highest BCUT2D eigenvalue weighted by molar-refractivity contribution is 5.77. The third kappa shape index (κ3) is 12.0. The van der Waals surface area contributed by atoms with Crippen molar-refractivity contribution in [1.29, 1.82) is 0 Å². The van der Waals surface area contributed by atoms with E-state index in [4.69, 9.17) is 37.9 Å². The van der Waals surface area contributed by atoms with E-state index in [1.807, 2.05) is 0 Å². The Bertz CT molecular complexity index is 1680. The summed E-state index contributed by atoms with van der Waals surface area (Å²) < 4.78 is 43.8. The van der Waals surface area contributed by atoms with Gasteiger partial charge in [-0.3, -0.25) is 14.4 Å². The van der Waals surface area contributed by atoms with Gasteiger partial charge in [-0.05, 0) is 0 Å². The van der Waals surface area contributed by atoms with Crippen LogP contribution in [0.25, 0.3) is 0 Å². The molecule has 0 aromatic heterocycles. The molecule has 0 radical (unpaired) electrons. The van der Waals surface area contributed by atoms with E-state index < -0.39 is 203 Å². The fourth-order valence-corrected chi connectivity index (χ4v) is 7.94. The van der Waals surface area contributed by atoms with Crippen LogP contribution in [0, 0.1) is 0 Å². The number of carbonyl (C=O) groups is 5. The largest absolute Gasteiger partial charge is 0.477 e. The quantitative estimate of drug-likeness (QED) is 0.0535. The van der Waals surface area contributed by atoms with Gasteiger partial charge in [0.1, 0.15) is 92.1 Å². The summed E-state index contributed by atoms with van der Waals surface area (Å²) in [7, 11) is 0. The molecule has 4 aliphatic heterocycles. The average Bonchev–Trinajstić information content (AvgIpc) is 3.24. The summed E-state index contributed by atoms with van der Waals surface area (Å²) in [5.41, 5.74) is 0. The second-order valence-corrected chi connectivity index (χ2v) is 16.1. The van der Waals surface area contributed by atoms with E-state index in [9.17, 15) is 101 Å². The maximum atomic E-state index is 13.3. The molecule has 0 saturated carbocycles. The Kier molecular flexibility index (Phi) is 19.0. The molecule has 30 heteroatoms. The van der Waals surface area contributed by atoms with Gasteiger partial charge in [-0.15, -0.1) is 0 Å². The van der Waals surface area contributed by atoms with Crippen LogP contribution in [0.3, 0.4) is 0 Å². The van der Waals surface area contributed by atoms with Crippen LogP contribution in [-0.2, 0) is 61.9 Å². The van der Waals surface area contributed by atoms with Crippen LogP contribution in [0.1, 0.15) is 33.6 Å². The lowest BCUT2D eigenvalue weighted by Gasteiger charge is -2.51. The van der Waals surface area contributed by atoms with Crippen molar-refractivity contribution in [3.8, 4) is 0 Å². The topological polar surface area (TPSA) is 487 Å². The van der Waals surface area contributed by atoms with Gasteiger partial charge >= 0.3 is 17.9 Å². The van der Waals surface area contributed by atoms with Crippen LogP contribution in [0.2, 0.25) is 0 Å². The normalized spacial score (nSPS) is 41.4. The molecule has 0 aromatic carbocycles. The minimum absolute atomic E-state index is 0.848. The standard InChI is InChI=1S/C36H58N2O28/c1-10(42)37-19-13(45)4-35(33(55)56,64-28(19)21(48)15(47)6-39)63-18(9-59-12(3)44)23(50)29-20(38-11(2)43)14(46)5-36(65-29,34(57)58)66-30-22(49)16(7-40)61-32(26(30)53)62-27-17(8-41)60-31(54)25(52)24(27)51/h13-32,39-41,45-54H,4-9H2,1-3H3,(H,37,42)(H,38,43)(H,55,56)(H,57,58)/t13-,14-,15+,16+,17+,18+,19+,20+,21+,22-,23+,24+,25+,26+,27+,28+,29+,30-,31+,32-,35+,36-/m0/s1. The summed E-state index contributed by atoms with van der Waals surface area (Å²) in [4.78, 5) is 62.9. The number of aliphatic hydroxyl groups excluding tert-OH is 13. The van der Waals surface area contributed by atoms with Crippen molar-refractivity contribution >= 4 is 29.7 Å². The number of hydrogen-bond donors (Lipinski definition) is 17. The molecule has 22 atom stereocenters. The van der Waals surface area contributed by atoms with E-state index >= 15 is 0 Å². The van der Waals surface area contributed by atoms with Gasteiger partial charge in [-0.2, -0.15) is 0 Å². The van der Waals surface area contributed by atoms with Crippen molar-refractivity contribution in [2.75, 3.05) is 26.4 Å². The van der Waals surface area contributed by atoms with E-state index in [0.717, 1.165) is 20.8 Å². The van der Waals surface area contributed by atoms with Gasteiger partial charge in [-0.25, -0.2) is 9.59 Å². The lowest BCUT2D eigenvalue weighted by molar-refractivity contribution is -0.387. The smallest absolute Gasteiger partial charge is 0.364 e. The first kappa shape index (κ1) is 55.1. The monoisotopic (exact) mass is 966 g/mol. The molecule has 4 fully saturated rings. The van der Waals surface area contributed by atoms with Gasteiger partial charge in [-0.1, -0.05) is 0 Å². The van der Waals surface area contributed by atoms with Gasteiger partial charge in [0.05, 0.1) is 44.1 Å². The van der Waals surface area contributed by atoms with Crippen LogP contribution in [0.15, 0.2) is 0 Å². The molecule has 380 valence electrons. The number of amides is 2. The molecule has 30 nitrogen and oxygen atoms in total. The number of carboxylic acids is 2. The highest BCUT2D eigenvalue weighted by Gasteiger charge is 2.62. The number of nitrogens with one attached hydrogen (secondary N) is 2. The molecule has 0 aromatic rings. The number of carboxylic acid groups (broad SMARTS) is 2. The molecular weight excluding hydrogens is 908 g/mol. The van der Waals surface area contributed by atoms with Crippen molar-refractivity contribution in [3.63, 3.8) is 0 Å². The van der Waals surface area contributed by atoms with Crippen LogP contribution in [0.4, 0.5) is 0 Å². The average molecular weight is 967 g/mol. The Morgan fingerprint density at radius 2 is 1.18 bits per heavy atom. The van der Waals surface area contributed by atoms with Crippen molar-refractivity contribution in [2.45, 2.75) is 168 Å². The van der Waals surface area contributed by atoms with Crippen molar-refractivity contribution in [2.24, 2.45) is 0 Å². The molecule has 0 aliphatic carbocycles. The maximum absolute atomic E-state index is 13.3. The van der Waals surface area contributed by atoms with Gasteiger partial charge < -0.3 is 125 Å². The highest BCUT2D eigenvalue weighted by Crippen LogP contribution is 2.40. The lowest BCUT2D eigenvalue weighted by atomic mass is 9.87. The van der Waals surface area contributed by atoms with Crippen LogP contribution >= 0.6 is 0 Å². The zero-order valence-electron chi connectivity index (χ0n) is 35.3. The fourth-order valence-electron chi connectivity index (χ4n) is 7.94. The Balaban J connectivity index is 1.77. The number of carbonyl (C=O) groups excluding carboxylic acids is 3. The summed E-state index contributed by atoms with van der Waals surface area (Å²) >= 11 is 0. The van der Waals surface area contributed by atoms with Crippen LogP contribution in [0.5, 0.6) is 0 Å². The molecule has 0 spiro atoms. The SMILES string of the molecule is CC(=O)N[C@H]1[C@H]([C@H](O)[C@H](O)CO)O[C@@](O[C@H](COC(C)=O)[C@@H](O)[C@@H]2O[C@@](O[C@H]3[C@@H](O)[C@@H](CO)O[C@@H](O[C@H]4[C@H](O)[C@@H](O)[C@H](O)O[C@@H]4CO)[C@@H]3O)(C(=O)O)C[C@H](O)[C@H]2NC(C)=O)(C(=O)O)C[C@@H]1O. The predicted molar refractivity (Wildman–Crippen MR) is 201 cm³/mol. The molecule has 2 amide bonds. The molecule has 4 rings (SSSR count). The molecule has 66 heavy (non-hydrogen) atoms. The van der Waals surface area contributed by atoms with E-state index in [-0.39, 0.29) is 0 Å². The molecule has 4 aliphatic rings. The zero-order valence-corrected chi connectivity index (χ0v) is 35.3. The first-order valence-electron chi connectivity index (χ1n) is 20.2. The third-order valence-corrected chi connectivity index (χ3v) is 11.2. The molecule has 0 bridgehead atoms.